The summed E-state index contributed by atoms with van der Waals surface area (Å²) in [5, 5.41) is 16.1. The number of hydrogen-bond donors (Lipinski definition) is 2. The van der Waals surface area contributed by atoms with Gasteiger partial charge in [0.1, 0.15) is 18.1 Å². The molecule has 0 aliphatic carbocycles. The van der Waals surface area contributed by atoms with Crippen LogP contribution in [-0.2, 0) is 13.7 Å². The minimum atomic E-state index is -1.20. The number of anilines is 1. The second-order valence-electron chi connectivity index (χ2n) is 5.75. The maximum Gasteiger partial charge on any atom is 0.356 e. The Morgan fingerprint density at radius 1 is 1.33 bits per heavy atom. The average Bonchev–Trinajstić information content (AvgIpc) is 3.21. The van der Waals surface area contributed by atoms with Crippen LogP contribution in [0.25, 0.3) is 0 Å². The third kappa shape index (κ3) is 4.12. The standard InChI is InChI=1S/C18H16ClN3O5/c1-10-7-11(19)3-5-14(10)26-9-12-4-6-15(27-12)17(23)21-13-8-20-22(2)16(13)18(24)25/h3-8H,9H2,1-2H3,(H,21,23)(H,24,25). The summed E-state index contributed by atoms with van der Waals surface area (Å²) >= 11 is 5.91. The maximum atomic E-state index is 12.3. The van der Waals surface area contributed by atoms with Crippen LogP contribution in [0.2, 0.25) is 5.02 Å². The van der Waals surface area contributed by atoms with Gasteiger partial charge >= 0.3 is 5.97 Å². The molecular weight excluding hydrogens is 374 g/mol. The Kier molecular flexibility index (Phi) is 5.18. The number of aryl methyl sites for hydroxylation is 2. The van der Waals surface area contributed by atoms with Gasteiger partial charge in [-0.2, -0.15) is 5.10 Å². The lowest BCUT2D eigenvalue weighted by molar-refractivity contribution is 0.0686. The minimum absolute atomic E-state index is 0.0293. The fourth-order valence-corrected chi connectivity index (χ4v) is 2.69. The lowest BCUT2D eigenvalue weighted by Crippen LogP contribution is -2.15. The van der Waals surface area contributed by atoms with Crippen molar-refractivity contribution in [1.82, 2.24) is 9.78 Å². The first-order chi connectivity index (χ1) is 12.8. The first-order valence-corrected chi connectivity index (χ1v) is 8.27. The summed E-state index contributed by atoms with van der Waals surface area (Å²) in [6, 6.07) is 8.36. The second-order valence-corrected chi connectivity index (χ2v) is 6.19. The normalized spacial score (nSPS) is 10.6. The van der Waals surface area contributed by atoms with Gasteiger partial charge in [-0.1, -0.05) is 11.6 Å². The Morgan fingerprint density at radius 3 is 2.81 bits per heavy atom. The van der Waals surface area contributed by atoms with Crippen LogP contribution in [0.4, 0.5) is 5.69 Å². The largest absolute Gasteiger partial charge is 0.485 e. The number of benzene rings is 1. The third-order valence-electron chi connectivity index (χ3n) is 3.78. The molecule has 8 nitrogen and oxygen atoms in total. The molecular formula is C18H16ClN3O5. The Balaban J connectivity index is 1.66. The summed E-state index contributed by atoms with van der Waals surface area (Å²) in [7, 11) is 1.47. The van der Waals surface area contributed by atoms with E-state index in [1.54, 1.807) is 24.3 Å². The van der Waals surface area contributed by atoms with Crippen LogP contribution < -0.4 is 10.1 Å². The van der Waals surface area contributed by atoms with Crippen LogP contribution in [-0.4, -0.2) is 26.8 Å². The summed E-state index contributed by atoms with van der Waals surface area (Å²) in [5.41, 5.74) is 0.836. The van der Waals surface area contributed by atoms with Gasteiger partial charge < -0.3 is 19.6 Å². The number of carbonyl (C=O) groups is 2. The molecule has 3 aromatic rings. The Labute approximate surface area is 159 Å². The molecule has 2 N–H and O–H groups in total. The predicted molar refractivity (Wildman–Crippen MR) is 97.3 cm³/mol. The highest BCUT2D eigenvalue weighted by atomic mass is 35.5. The van der Waals surface area contributed by atoms with E-state index >= 15 is 0 Å². The van der Waals surface area contributed by atoms with Crippen LogP contribution in [0.3, 0.4) is 0 Å². The van der Waals surface area contributed by atoms with E-state index in [1.807, 2.05) is 6.92 Å². The van der Waals surface area contributed by atoms with Gasteiger partial charge in [0.15, 0.2) is 11.5 Å². The van der Waals surface area contributed by atoms with Gasteiger partial charge in [0.05, 0.1) is 11.9 Å². The number of aromatic carboxylic acids is 1. The van der Waals surface area contributed by atoms with E-state index in [9.17, 15) is 14.7 Å². The molecule has 0 bridgehead atoms. The van der Waals surface area contributed by atoms with Crippen molar-refractivity contribution in [2.75, 3.05) is 5.32 Å². The zero-order valence-electron chi connectivity index (χ0n) is 14.5. The molecule has 0 spiro atoms. The minimum Gasteiger partial charge on any atom is -0.485 e. The molecule has 1 amide bonds. The van der Waals surface area contributed by atoms with Crippen molar-refractivity contribution >= 4 is 29.2 Å². The molecule has 140 valence electrons. The van der Waals surface area contributed by atoms with E-state index < -0.39 is 11.9 Å². The van der Waals surface area contributed by atoms with E-state index in [2.05, 4.69) is 10.4 Å². The molecule has 2 aromatic heterocycles. The summed E-state index contributed by atoms with van der Waals surface area (Å²) in [4.78, 5) is 23.5. The van der Waals surface area contributed by atoms with Crippen molar-refractivity contribution in [2.24, 2.45) is 7.05 Å². The van der Waals surface area contributed by atoms with Crippen LogP contribution in [0, 0.1) is 6.92 Å². The topological polar surface area (TPSA) is 107 Å². The highest BCUT2D eigenvalue weighted by Crippen LogP contribution is 2.23. The molecule has 2 heterocycles. The first kappa shape index (κ1) is 18.5. The number of carbonyl (C=O) groups excluding carboxylic acids is 1. The zero-order valence-corrected chi connectivity index (χ0v) is 15.3. The SMILES string of the molecule is Cc1cc(Cl)ccc1OCc1ccc(C(=O)Nc2cnn(C)c2C(=O)O)o1. The van der Waals surface area contributed by atoms with E-state index in [0.29, 0.717) is 16.5 Å². The monoisotopic (exact) mass is 389 g/mol. The number of nitrogens with zero attached hydrogens (tertiary/aromatic N) is 2. The van der Waals surface area contributed by atoms with E-state index in [4.69, 9.17) is 20.8 Å². The molecule has 0 radical (unpaired) electrons. The lowest BCUT2D eigenvalue weighted by Gasteiger charge is -2.07. The van der Waals surface area contributed by atoms with Crippen molar-refractivity contribution < 1.29 is 23.8 Å². The molecule has 0 saturated carbocycles. The quantitative estimate of drug-likeness (QED) is 0.668. The van der Waals surface area contributed by atoms with E-state index in [0.717, 1.165) is 10.2 Å². The van der Waals surface area contributed by atoms with Gasteiger partial charge in [0.2, 0.25) is 0 Å². The van der Waals surface area contributed by atoms with Gasteiger partial charge in [-0.15, -0.1) is 0 Å². The molecule has 9 heteroatoms. The highest BCUT2D eigenvalue weighted by Gasteiger charge is 2.20. The molecule has 0 aliphatic rings. The third-order valence-corrected chi connectivity index (χ3v) is 4.02. The molecule has 0 unspecified atom stereocenters. The van der Waals surface area contributed by atoms with Crippen molar-refractivity contribution in [3.63, 3.8) is 0 Å². The number of carboxylic acid groups (broad SMARTS) is 1. The number of rotatable bonds is 6. The molecule has 0 fully saturated rings. The summed E-state index contributed by atoms with van der Waals surface area (Å²) in [5.74, 6) is -0.652. The number of ether oxygens (including phenoxy) is 1. The number of halogens is 1. The van der Waals surface area contributed by atoms with E-state index in [1.165, 1.54) is 19.3 Å². The summed E-state index contributed by atoms with van der Waals surface area (Å²) in [6.07, 6.45) is 1.26. The Morgan fingerprint density at radius 2 is 2.11 bits per heavy atom. The molecule has 1 aromatic carbocycles. The van der Waals surface area contributed by atoms with Gasteiger partial charge in [-0.3, -0.25) is 9.48 Å². The lowest BCUT2D eigenvalue weighted by atomic mass is 10.2. The maximum absolute atomic E-state index is 12.3. The van der Waals surface area contributed by atoms with Gasteiger partial charge in [-0.25, -0.2) is 4.79 Å². The molecule has 3 rings (SSSR count). The fraction of sp³-hybridized carbons (Fsp3) is 0.167. The van der Waals surface area contributed by atoms with Crippen molar-refractivity contribution in [2.45, 2.75) is 13.5 Å². The molecule has 0 atom stereocenters. The first-order valence-electron chi connectivity index (χ1n) is 7.89. The number of nitrogens with one attached hydrogen (secondary N) is 1. The predicted octanol–water partition coefficient (Wildman–Crippen LogP) is 3.50. The summed E-state index contributed by atoms with van der Waals surface area (Å²) in [6.45, 7) is 2.00. The van der Waals surface area contributed by atoms with Crippen LogP contribution in [0.15, 0.2) is 40.9 Å². The number of amides is 1. The Hall–Kier alpha value is -3.26. The van der Waals surface area contributed by atoms with E-state index in [-0.39, 0.29) is 23.7 Å². The van der Waals surface area contributed by atoms with Crippen LogP contribution in [0.1, 0.15) is 32.4 Å². The Bertz CT molecular complexity index is 1010. The number of furan rings is 1. The second kappa shape index (κ2) is 7.55. The smallest absolute Gasteiger partial charge is 0.356 e. The van der Waals surface area contributed by atoms with Gasteiger partial charge in [-0.05, 0) is 42.8 Å². The van der Waals surface area contributed by atoms with Crippen molar-refractivity contribution in [3.05, 3.63) is 64.3 Å². The zero-order chi connectivity index (χ0) is 19.6. The number of aromatic nitrogens is 2. The summed E-state index contributed by atoms with van der Waals surface area (Å²) < 4.78 is 12.3. The van der Waals surface area contributed by atoms with Crippen molar-refractivity contribution in [3.8, 4) is 5.75 Å². The van der Waals surface area contributed by atoms with Crippen LogP contribution in [0.5, 0.6) is 5.75 Å². The number of hydrogen-bond acceptors (Lipinski definition) is 5. The molecule has 0 saturated heterocycles. The van der Waals surface area contributed by atoms with Crippen LogP contribution >= 0.6 is 11.6 Å². The van der Waals surface area contributed by atoms with Crippen molar-refractivity contribution in [1.29, 1.82) is 0 Å². The average molecular weight is 390 g/mol. The fourth-order valence-electron chi connectivity index (χ4n) is 2.47. The van der Waals surface area contributed by atoms with Gasteiger partial charge in [0.25, 0.3) is 5.91 Å². The highest BCUT2D eigenvalue weighted by molar-refractivity contribution is 6.30. The van der Waals surface area contributed by atoms with Gasteiger partial charge in [0, 0.05) is 12.1 Å². The molecule has 0 aliphatic heterocycles. The molecule has 27 heavy (non-hydrogen) atoms. The number of carboxylic acids is 1.